The molecule has 1 atom stereocenters. The van der Waals surface area contributed by atoms with Crippen molar-refractivity contribution >= 4 is 10.4 Å². The Morgan fingerprint density at radius 1 is 1.36 bits per heavy atom. The normalized spacial score (nSPS) is 14.2. The molecular weight excluding hydrogens is 214 g/mol. The molecule has 0 saturated carbocycles. The topological polar surface area (TPSA) is 95.9 Å². The molecular formula is C6H17NO6S. The van der Waals surface area contributed by atoms with Crippen LogP contribution in [0.1, 0.15) is 6.92 Å². The molecule has 0 aliphatic carbocycles. The maximum atomic E-state index is 9.33. The molecule has 0 aromatic heterocycles. The second-order valence-corrected chi connectivity index (χ2v) is 4.34. The van der Waals surface area contributed by atoms with Crippen molar-refractivity contribution in [3.8, 4) is 0 Å². The summed E-state index contributed by atoms with van der Waals surface area (Å²) in [6.07, 6.45) is -0.264. The SMILES string of the molecule is CC(O)[N+](C)(C)C.COOS(=O)(=O)[O-]. The summed E-state index contributed by atoms with van der Waals surface area (Å²) in [6, 6.07) is 0. The number of hydrogen-bond donors (Lipinski definition) is 1. The van der Waals surface area contributed by atoms with Crippen molar-refractivity contribution in [3.05, 3.63) is 0 Å². The van der Waals surface area contributed by atoms with E-state index in [1.807, 2.05) is 21.1 Å². The molecule has 7 nitrogen and oxygen atoms in total. The third kappa shape index (κ3) is 14.3. The van der Waals surface area contributed by atoms with E-state index < -0.39 is 10.4 Å². The highest BCUT2D eigenvalue weighted by Crippen LogP contribution is 1.94. The first-order valence-electron chi connectivity index (χ1n) is 3.68. The molecule has 1 N–H and O–H groups in total. The van der Waals surface area contributed by atoms with Crippen molar-refractivity contribution in [2.24, 2.45) is 0 Å². The first kappa shape index (κ1) is 16.2. The van der Waals surface area contributed by atoms with Crippen molar-refractivity contribution in [1.82, 2.24) is 0 Å². The highest BCUT2D eigenvalue weighted by atomic mass is 32.3. The van der Waals surface area contributed by atoms with E-state index in [0.29, 0.717) is 4.48 Å². The largest absolute Gasteiger partial charge is 0.724 e. The van der Waals surface area contributed by atoms with Crippen LogP contribution in [0.25, 0.3) is 0 Å². The Kier molecular flexibility index (Phi) is 7.26. The number of rotatable bonds is 3. The molecule has 8 heteroatoms. The fourth-order valence-electron chi connectivity index (χ4n) is 0.0833. The van der Waals surface area contributed by atoms with Crippen LogP contribution in [0, 0.1) is 0 Å². The smallest absolute Gasteiger partial charge is 0.245 e. The second kappa shape index (κ2) is 6.27. The Morgan fingerprint density at radius 3 is 1.64 bits per heavy atom. The quantitative estimate of drug-likeness (QED) is 0.168. The Balaban J connectivity index is 0. The lowest BCUT2D eigenvalue weighted by atomic mass is 10.5. The molecule has 0 aliphatic rings. The minimum Gasteiger partial charge on any atom is -0.724 e. The highest BCUT2D eigenvalue weighted by Gasteiger charge is 2.12. The van der Waals surface area contributed by atoms with E-state index in [9.17, 15) is 13.0 Å². The van der Waals surface area contributed by atoms with Crippen LogP contribution in [0.3, 0.4) is 0 Å². The average Bonchev–Trinajstić information content (AvgIpc) is 1.82. The minimum absolute atomic E-state index is 0.264. The Hall–Kier alpha value is -0.250. The lowest BCUT2D eigenvalue weighted by Crippen LogP contribution is -2.42. The van der Waals surface area contributed by atoms with Crippen molar-refractivity contribution in [2.45, 2.75) is 13.2 Å². The van der Waals surface area contributed by atoms with Crippen molar-refractivity contribution in [3.63, 3.8) is 0 Å². The zero-order chi connectivity index (χ0) is 12.0. The summed E-state index contributed by atoms with van der Waals surface area (Å²) in [5.74, 6) is 0. The summed E-state index contributed by atoms with van der Waals surface area (Å²) >= 11 is 0. The monoisotopic (exact) mass is 231 g/mol. The van der Waals surface area contributed by atoms with E-state index in [1.165, 1.54) is 0 Å². The summed E-state index contributed by atoms with van der Waals surface area (Å²) in [5, 5.41) is 8.86. The van der Waals surface area contributed by atoms with E-state index >= 15 is 0 Å². The van der Waals surface area contributed by atoms with Gasteiger partial charge in [-0.1, -0.05) is 0 Å². The number of aliphatic hydroxyl groups excluding tert-OH is 1. The Bertz CT molecular complexity index is 229. The molecule has 0 heterocycles. The van der Waals surface area contributed by atoms with Crippen molar-refractivity contribution in [2.75, 3.05) is 28.3 Å². The predicted octanol–water partition coefficient (Wildman–Crippen LogP) is -0.944. The van der Waals surface area contributed by atoms with Crippen LogP contribution in [0.5, 0.6) is 0 Å². The van der Waals surface area contributed by atoms with Gasteiger partial charge in [0.25, 0.3) is 0 Å². The molecule has 0 bridgehead atoms. The lowest BCUT2D eigenvalue weighted by molar-refractivity contribution is -0.916. The molecule has 88 valence electrons. The zero-order valence-electron chi connectivity index (χ0n) is 8.92. The first-order chi connectivity index (χ1) is 6.00. The van der Waals surface area contributed by atoms with Crippen LogP contribution in [0.15, 0.2) is 0 Å². The molecule has 1 unspecified atom stereocenters. The van der Waals surface area contributed by atoms with Gasteiger partial charge < -0.3 is 14.1 Å². The Labute approximate surface area is 84.3 Å². The number of aliphatic hydroxyl groups is 1. The molecule has 0 aliphatic heterocycles. The van der Waals surface area contributed by atoms with Crippen molar-refractivity contribution in [1.29, 1.82) is 0 Å². The van der Waals surface area contributed by atoms with Gasteiger partial charge in [-0.2, -0.15) is 0 Å². The summed E-state index contributed by atoms with van der Waals surface area (Å²) in [4.78, 5) is 3.51. The van der Waals surface area contributed by atoms with Gasteiger partial charge in [0.05, 0.1) is 28.3 Å². The fourth-order valence-corrected chi connectivity index (χ4v) is 0.250. The third-order valence-electron chi connectivity index (χ3n) is 1.27. The van der Waals surface area contributed by atoms with Gasteiger partial charge in [-0.15, -0.1) is 4.33 Å². The van der Waals surface area contributed by atoms with Gasteiger partial charge in [0.1, 0.15) is 0 Å². The molecule has 0 aromatic rings. The van der Waals surface area contributed by atoms with E-state index in [2.05, 4.69) is 9.22 Å². The van der Waals surface area contributed by atoms with Crippen molar-refractivity contribution < 1.29 is 31.8 Å². The van der Waals surface area contributed by atoms with E-state index in [4.69, 9.17) is 5.11 Å². The molecule has 0 rings (SSSR count). The van der Waals surface area contributed by atoms with E-state index in [0.717, 1.165) is 7.11 Å². The van der Waals surface area contributed by atoms with E-state index in [-0.39, 0.29) is 6.23 Å². The summed E-state index contributed by atoms with van der Waals surface area (Å²) in [7, 11) is 2.13. The maximum absolute atomic E-state index is 9.33. The number of hydrogen-bond acceptors (Lipinski definition) is 6. The van der Waals surface area contributed by atoms with Gasteiger partial charge in [0.2, 0.25) is 10.4 Å². The molecule has 0 radical (unpaired) electrons. The lowest BCUT2D eigenvalue weighted by Gasteiger charge is -2.26. The molecule has 0 spiro atoms. The van der Waals surface area contributed by atoms with Gasteiger partial charge in [0, 0.05) is 6.92 Å². The van der Waals surface area contributed by atoms with Crippen LogP contribution < -0.4 is 0 Å². The van der Waals surface area contributed by atoms with Gasteiger partial charge in [-0.05, 0) is 0 Å². The summed E-state index contributed by atoms with van der Waals surface area (Å²) in [5.41, 5.74) is 0. The molecule has 0 amide bonds. The molecule has 0 fully saturated rings. The standard InChI is InChI=1S/C5H14NO.CH4O5S/c1-5(7)6(2,3)4;1-5-6-7(2,3)4/h5,7H,1-4H3;1H3,(H,2,3,4)/q+1;/p-1. The minimum atomic E-state index is -4.65. The van der Waals surface area contributed by atoms with Crippen LogP contribution >= 0.6 is 0 Å². The Morgan fingerprint density at radius 2 is 1.64 bits per heavy atom. The molecule has 0 aromatic carbocycles. The number of quaternary nitrogens is 1. The first-order valence-corrected chi connectivity index (χ1v) is 5.01. The van der Waals surface area contributed by atoms with Crippen LogP contribution in [-0.2, 0) is 19.6 Å². The summed E-state index contributed by atoms with van der Waals surface area (Å²) < 4.78 is 31.7. The zero-order valence-corrected chi connectivity index (χ0v) is 9.74. The highest BCUT2D eigenvalue weighted by molar-refractivity contribution is 7.80. The van der Waals surface area contributed by atoms with Gasteiger partial charge in [0.15, 0.2) is 6.23 Å². The number of nitrogens with zero attached hydrogens (tertiary/aromatic N) is 1. The van der Waals surface area contributed by atoms with Gasteiger partial charge in [-0.25, -0.2) is 13.3 Å². The van der Waals surface area contributed by atoms with Gasteiger partial charge >= 0.3 is 0 Å². The fraction of sp³-hybridized carbons (Fsp3) is 1.00. The third-order valence-corrected chi connectivity index (χ3v) is 1.58. The molecule has 14 heavy (non-hydrogen) atoms. The van der Waals surface area contributed by atoms with Crippen LogP contribution in [0.4, 0.5) is 0 Å². The van der Waals surface area contributed by atoms with Gasteiger partial charge in [-0.3, -0.25) is 0 Å². The average molecular weight is 231 g/mol. The van der Waals surface area contributed by atoms with Crippen LogP contribution in [0.2, 0.25) is 0 Å². The predicted molar refractivity (Wildman–Crippen MR) is 47.5 cm³/mol. The second-order valence-electron chi connectivity index (χ2n) is 3.39. The molecule has 0 saturated heterocycles. The van der Waals surface area contributed by atoms with Crippen LogP contribution in [-0.4, -0.2) is 57.0 Å². The summed E-state index contributed by atoms with van der Waals surface area (Å²) in [6.45, 7) is 1.78. The maximum Gasteiger partial charge on any atom is 0.245 e. The van der Waals surface area contributed by atoms with E-state index in [1.54, 1.807) is 6.92 Å².